The third-order valence-electron chi connectivity index (χ3n) is 3.29. The number of nitrogens with two attached hydrogens (primary N) is 1. The van der Waals surface area contributed by atoms with Gasteiger partial charge in [-0.3, -0.25) is 14.4 Å². The Balaban J connectivity index is 2.71. The Morgan fingerprint density at radius 1 is 1.26 bits per heavy atom. The molecule has 0 spiro atoms. The predicted molar refractivity (Wildman–Crippen MR) is 86.9 cm³/mol. The van der Waals surface area contributed by atoms with Crippen LogP contribution < -0.4 is 16.0 Å². The largest absolute Gasteiger partial charge is 0.495 e. The van der Waals surface area contributed by atoms with E-state index in [-0.39, 0.29) is 12.3 Å². The average Bonchev–Trinajstić information content (AvgIpc) is 2.48. The van der Waals surface area contributed by atoms with Crippen LogP contribution in [-0.4, -0.2) is 23.4 Å². The van der Waals surface area contributed by atoms with E-state index in [4.69, 9.17) is 22.1 Å². The van der Waals surface area contributed by atoms with E-state index in [2.05, 4.69) is 0 Å². The highest BCUT2D eigenvalue weighted by Crippen LogP contribution is 2.33. The summed E-state index contributed by atoms with van der Waals surface area (Å²) in [6.45, 7) is 1.16. The van der Waals surface area contributed by atoms with Crippen LogP contribution in [-0.2, 0) is 11.3 Å². The summed E-state index contributed by atoms with van der Waals surface area (Å²) in [5, 5.41) is 0.424. The number of nitrogens with zero attached hydrogens (tertiary/aromatic N) is 1. The van der Waals surface area contributed by atoms with E-state index in [9.17, 15) is 14.4 Å². The lowest BCUT2D eigenvalue weighted by molar-refractivity contribution is -0.118. The van der Waals surface area contributed by atoms with Crippen LogP contribution in [0.5, 0.6) is 5.75 Å². The highest BCUT2D eigenvalue weighted by molar-refractivity contribution is 6.31. The number of primary amides is 1. The number of Topliss-reactive ketones (excluding diaryl/α,β-unsaturated/α-hetero) is 1. The molecule has 0 atom stereocenters. The summed E-state index contributed by atoms with van der Waals surface area (Å²) in [7, 11) is 1.43. The molecule has 0 aliphatic heterocycles. The third-order valence-corrected chi connectivity index (χ3v) is 3.52. The number of carbonyl (C=O) groups is 2. The first-order valence-electron chi connectivity index (χ1n) is 6.71. The number of rotatable bonds is 5. The van der Waals surface area contributed by atoms with Crippen LogP contribution in [0.25, 0.3) is 11.1 Å². The number of halogens is 1. The smallest absolute Gasteiger partial charge is 0.251 e. The number of methoxy groups -OCH3 is 1. The van der Waals surface area contributed by atoms with Crippen LogP contribution in [0.3, 0.4) is 0 Å². The van der Waals surface area contributed by atoms with Gasteiger partial charge in [-0.05, 0) is 30.7 Å². The van der Waals surface area contributed by atoms with Crippen LogP contribution in [0, 0.1) is 0 Å². The molecule has 0 aliphatic carbocycles. The van der Waals surface area contributed by atoms with Crippen molar-refractivity contribution < 1.29 is 14.3 Å². The van der Waals surface area contributed by atoms with E-state index >= 15 is 0 Å². The molecule has 0 bridgehead atoms. The fourth-order valence-electron chi connectivity index (χ4n) is 2.26. The molecule has 6 nitrogen and oxygen atoms in total. The molecular weight excluding hydrogens is 320 g/mol. The lowest BCUT2D eigenvalue weighted by Gasteiger charge is -2.14. The molecule has 120 valence electrons. The second-order valence-electron chi connectivity index (χ2n) is 4.93. The molecule has 0 saturated heterocycles. The number of carbonyl (C=O) groups excluding carboxylic acids is 2. The van der Waals surface area contributed by atoms with Gasteiger partial charge < -0.3 is 15.0 Å². The Morgan fingerprint density at radius 2 is 1.96 bits per heavy atom. The van der Waals surface area contributed by atoms with Crippen molar-refractivity contribution in [3.05, 3.63) is 51.4 Å². The summed E-state index contributed by atoms with van der Waals surface area (Å²) in [5.74, 6) is -0.482. The van der Waals surface area contributed by atoms with Crippen LogP contribution in [0.1, 0.15) is 17.3 Å². The van der Waals surface area contributed by atoms with E-state index in [1.54, 1.807) is 18.2 Å². The minimum absolute atomic E-state index is 0.167. The monoisotopic (exact) mass is 334 g/mol. The number of pyridine rings is 1. The van der Waals surface area contributed by atoms with Gasteiger partial charge in [-0.25, -0.2) is 0 Å². The van der Waals surface area contributed by atoms with Crippen LogP contribution >= 0.6 is 11.6 Å². The number of ether oxygens (including phenoxy) is 1. The molecule has 2 N–H and O–H groups in total. The Morgan fingerprint density at radius 3 is 2.52 bits per heavy atom. The maximum Gasteiger partial charge on any atom is 0.251 e. The molecule has 23 heavy (non-hydrogen) atoms. The van der Waals surface area contributed by atoms with Crippen LogP contribution in [0.2, 0.25) is 5.02 Å². The SMILES string of the molecule is COc1cn(CC(N)=O)c(=O)cc1-c1cc(Cl)ccc1C(C)=O. The molecule has 7 heteroatoms. The number of ketones is 1. The minimum Gasteiger partial charge on any atom is -0.495 e. The van der Waals surface area contributed by atoms with Crippen molar-refractivity contribution in [2.45, 2.75) is 13.5 Å². The molecule has 0 saturated carbocycles. The third kappa shape index (κ3) is 3.60. The lowest BCUT2D eigenvalue weighted by atomic mass is 9.97. The Kier molecular flexibility index (Phi) is 4.86. The normalized spacial score (nSPS) is 10.4. The van der Waals surface area contributed by atoms with Crippen LogP contribution in [0.15, 0.2) is 35.3 Å². The van der Waals surface area contributed by atoms with Gasteiger partial charge >= 0.3 is 0 Å². The number of hydrogen-bond acceptors (Lipinski definition) is 4. The summed E-state index contributed by atoms with van der Waals surface area (Å²) < 4.78 is 6.43. The van der Waals surface area contributed by atoms with E-state index in [1.807, 2.05) is 0 Å². The highest BCUT2D eigenvalue weighted by atomic mass is 35.5. The highest BCUT2D eigenvalue weighted by Gasteiger charge is 2.16. The maximum atomic E-state index is 12.2. The Hall–Kier alpha value is -2.60. The summed E-state index contributed by atoms with van der Waals surface area (Å²) in [6.07, 6.45) is 1.38. The molecule has 1 amide bonds. The van der Waals surface area contributed by atoms with E-state index in [0.717, 1.165) is 4.57 Å². The van der Waals surface area contributed by atoms with Gasteiger partial charge in [-0.2, -0.15) is 0 Å². The summed E-state index contributed by atoms with van der Waals surface area (Å²) in [4.78, 5) is 35.0. The maximum absolute atomic E-state index is 12.2. The number of amides is 1. The quantitative estimate of drug-likeness (QED) is 0.845. The number of aromatic nitrogens is 1. The van der Waals surface area contributed by atoms with Crippen molar-refractivity contribution in [1.82, 2.24) is 4.57 Å². The second kappa shape index (κ2) is 6.66. The molecule has 1 aromatic heterocycles. The fraction of sp³-hybridized carbons (Fsp3) is 0.188. The minimum atomic E-state index is -0.644. The molecule has 1 heterocycles. The number of benzene rings is 1. The zero-order valence-electron chi connectivity index (χ0n) is 12.6. The molecule has 1 aromatic carbocycles. The van der Waals surface area contributed by atoms with Gasteiger partial charge in [-0.1, -0.05) is 11.6 Å². The van der Waals surface area contributed by atoms with Gasteiger partial charge in [0.2, 0.25) is 5.91 Å². The standard InChI is InChI=1S/C16H15ClN2O4/c1-9(20)11-4-3-10(17)5-12(11)13-6-16(22)19(8-15(18)21)7-14(13)23-2/h3-7H,8H2,1-2H3,(H2,18,21). The van der Waals surface area contributed by atoms with Gasteiger partial charge in [0.15, 0.2) is 5.78 Å². The first kappa shape index (κ1) is 16.8. The van der Waals surface area contributed by atoms with Crippen LogP contribution in [0.4, 0.5) is 0 Å². The summed E-state index contributed by atoms with van der Waals surface area (Å²) in [5.41, 5.74) is 6.01. The lowest BCUT2D eigenvalue weighted by Crippen LogP contribution is -2.27. The van der Waals surface area contributed by atoms with Crippen molar-refractivity contribution in [1.29, 1.82) is 0 Å². The molecule has 2 aromatic rings. The first-order chi connectivity index (χ1) is 10.8. The molecule has 2 rings (SSSR count). The Bertz CT molecular complexity index is 842. The van der Waals surface area contributed by atoms with Gasteiger partial charge in [0.25, 0.3) is 5.56 Å². The molecule has 0 unspecified atom stereocenters. The topological polar surface area (TPSA) is 91.4 Å². The number of hydrogen-bond donors (Lipinski definition) is 1. The zero-order valence-corrected chi connectivity index (χ0v) is 13.4. The van der Waals surface area contributed by atoms with Crippen molar-refractivity contribution in [2.75, 3.05) is 7.11 Å². The van der Waals surface area contributed by atoms with Crippen molar-refractivity contribution in [3.8, 4) is 16.9 Å². The first-order valence-corrected chi connectivity index (χ1v) is 7.09. The van der Waals surface area contributed by atoms with Gasteiger partial charge in [-0.15, -0.1) is 0 Å². The second-order valence-corrected chi connectivity index (χ2v) is 5.37. The molecular formula is C16H15ClN2O4. The van der Waals surface area contributed by atoms with Crippen molar-refractivity contribution in [3.63, 3.8) is 0 Å². The molecule has 0 fully saturated rings. The van der Waals surface area contributed by atoms with E-state index in [1.165, 1.54) is 26.3 Å². The molecule has 0 aliphatic rings. The summed E-state index contributed by atoms with van der Waals surface area (Å²) in [6, 6.07) is 6.07. The van der Waals surface area contributed by atoms with Crippen molar-refractivity contribution in [2.24, 2.45) is 5.73 Å². The van der Waals surface area contributed by atoms with Gasteiger partial charge in [0, 0.05) is 22.2 Å². The fourth-order valence-corrected chi connectivity index (χ4v) is 2.44. The van der Waals surface area contributed by atoms with E-state index < -0.39 is 11.5 Å². The average molecular weight is 335 g/mol. The van der Waals surface area contributed by atoms with Gasteiger partial charge in [0.1, 0.15) is 12.3 Å². The van der Waals surface area contributed by atoms with Gasteiger partial charge in [0.05, 0.1) is 13.3 Å². The Labute approximate surface area is 137 Å². The summed E-state index contributed by atoms with van der Waals surface area (Å²) >= 11 is 6.01. The van der Waals surface area contributed by atoms with Crippen molar-refractivity contribution >= 4 is 23.3 Å². The predicted octanol–water partition coefficient (Wildman–Crippen LogP) is 1.87. The molecule has 0 radical (unpaired) electrons. The van der Waals surface area contributed by atoms with E-state index in [0.29, 0.717) is 27.5 Å². The zero-order chi connectivity index (χ0) is 17.1.